The van der Waals surface area contributed by atoms with Crippen molar-refractivity contribution in [3.8, 4) is 0 Å². The number of piperidine rings is 1. The van der Waals surface area contributed by atoms with Gasteiger partial charge in [0.2, 0.25) is 0 Å². The van der Waals surface area contributed by atoms with Gasteiger partial charge in [-0.05, 0) is 50.7 Å². The Hall–Kier alpha value is -0.0800. The van der Waals surface area contributed by atoms with Crippen LogP contribution in [0.4, 0.5) is 0 Å². The van der Waals surface area contributed by atoms with E-state index in [9.17, 15) is 0 Å². The first-order chi connectivity index (χ1) is 5.77. The van der Waals surface area contributed by atoms with Crippen molar-refractivity contribution in [2.75, 3.05) is 33.9 Å². The first-order valence-electron chi connectivity index (χ1n) is 4.94. The highest BCUT2D eigenvalue weighted by Crippen LogP contribution is 2.59. The van der Waals surface area contributed by atoms with Gasteiger partial charge < -0.3 is 9.64 Å². The minimum absolute atomic E-state index is 0.711. The van der Waals surface area contributed by atoms with E-state index < -0.39 is 0 Å². The normalized spacial score (nSPS) is 34.0. The summed E-state index contributed by atoms with van der Waals surface area (Å²) in [6.07, 6.45) is 4.23. The Kier molecular flexibility index (Phi) is 2.13. The van der Waals surface area contributed by atoms with Crippen molar-refractivity contribution in [2.24, 2.45) is 11.3 Å². The highest BCUT2D eigenvalue weighted by molar-refractivity contribution is 5.04. The summed E-state index contributed by atoms with van der Waals surface area (Å²) in [5.74, 6) is 0.885. The van der Waals surface area contributed by atoms with Gasteiger partial charge in [0.05, 0.1) is 0 Å². The molecule has 0 aromatic heterocycles. The largest absolute Gasteiger partial charge is 0.384 e. The van der Waals surface area contributed by atoms with Crippen molar-refractivity contribution in [3.05, 3.63) is 0 Å². The van der Waals surface area contributed by atoms with Crippen LogP contribution in [-0.4, -0.2) is 38.8 Å². The lowest BCUT2D eigenvalue weighted by molar-refractivity contribution is 0.140. The highest BCUT2D eigenvalue weighted by Gasteiger charge is 2.53. The van der Waals surface area contributed by atoms with Gasteiger partial charge in [-0.1, -0.05) is 0 Å². The molecule has 2 aliphatic rings. The van der Waals surface area contributed by atoms with Crippen LogP contribution in [0.25, 0.3) is 0 Å². The molecule has 1 spiro atoms. The number of ether oxygens (including phenoxy) is 1. The summed E-state index contributed by atoms with van der Waals surface area (Å²) in [4.78, 5) is 2.44. The molecule has 0 aromatic rings. The summed E-state index contributed by atoms with van der Waals surface area (Å²) in [6, 6.07) is 0. The van der Waals surface area contributed by atoms with Crippen LogP contribution in [0.2, 0.25) is 0 Å². The van der Waals surface area contributed by atoms with Gasteiger partial charge in [-0.15, -0.1) is 0 Å². The third kappa shape index (κ3) is 1.38. The lowest BCUT2D eigenvalue weighted by atomic mass is 9.91. The van der Waals surface area contributed by atoms with Crippen molar-refractivity contribution in [2.45, 2.75) is 19.3 Å². The lowest BCUT2D eigenvalue weighted by Gasteiger charge is -2.29. The molecule has 1 atom stereocenters. The Morgan fingerprint density at radius 3 is 2.67 bits per heavy atom. The summed E-state index contributed by atoms with van der Waals surface area (Å²) in [5.41, 5.74) is 0.711. The van der Waals surface area contributed by atoms with E-state index in [-0.39, 0.29) is 0 Å². The Bertz CT molecular complexity index is 161. The minimum Gasteiger partial charge on any atom is -0.384 e. The van der Waals surface area contributed by atoms with Crippen molar-refractivity contribution >= 4 is 0 Å². The molecule has 0 N–H and O–H groups in total. The smallest absolute Gasteiger partial charge is 0.0496 e. The van der Waals surface area contributed by atoms with Gasteiger partial charge in [-0.3, -0.25) is 0 Å². The zero-order valence-corrected chi connectivity index (χ0v) is 8.18. The predicted octanol–water partition coefficient (Wildman–Crippen LogP) is 1.36. The molecule has 2 fully saturated rings. The molecule has 1 heterocycles. The molecule has 2 heteroatoms. The van der Waals surface area contributed by atoms with E-state index in [4.69, 9.17) is 4.74 Å². The summed E-state index contributed by atoms with van der Waals surface area (Å²) in [7, 11) is 4.04. The van der Waals surface area contributed by atoms with Crippen LogP contribution in [-0.2, 0) is 4.74 Å². The van der Waals surface area contributed by atoms with Crippen LogP contribution in [0.1, 0.15) is 19.3 Å². The number of hydrogen-bond donors (Lipinski definition) is 0. The second-order valence-corrected chi connectivity index (χ2v) is 4.52. The molecule has 2 rings (SSSR count). The molecule has 0 aromatic carbocycles. The summed E-state index contributed by atoms with van der Waals surface area (Å²) >= 11 is 0. The van der Waals surface area contributed by atoms with E-state index in [0.717, 1.165) is 12.5 Å². The van der Waals surface area contributed by atoms with E-state index >= 15 is 0 Å². The Morgan fingerprint density at radius 1 is 1.42 bits per heavy atom. The van der Waals surface area contributed by atoms with Gasteiger partial charge in [-0.2, -0.15) is 0 Å². The van der Waals surface area contributed by atoms with Crippen LogP contribution >= 0.6 is 0 Å². The van der Waals surface area contributed by atoms with Crippen LogP contribution in [0.3, 0.4) is 0 Å². The molecule has 1 aliphatic heterocycles. The Morgan fingerprint density at radius 2 is 2.08 bits per heavy atom. The van der Waals surface area contributed by atoms with Crippen molar-refractivity contribution in [1.82, 2.24) is 4.90 Å². The second kappa shape index (κ2) is 3.00. The van der Waals surface area contributed by atoms with Crippen LogP contribution in [0.15, 0.2) is 0 Å². The Balaban J connectivity index is 1.83. The maximum absolute atomic E-state index is 5.21. The molecule has 0 bridgehead atoms. The summed E-state index contributed by atoms with van der Waals surface area (Å²) in [6.45, 7) is 3.57. The van der Waals surface area contributed by atoms with Gasteiger partial charge in [-0.25, -0.2) is 0 Å². The van der Waals surface area contributed by atoms with Gasteiger partial charge in [0.25, 0.3) is 0 Å². The van der Waals surface area contributed by atoms with Gasteiger partial charge >= 0.3 is 0 Å². The van der Waals surface area contributed by atoms with E-state index in [1.807, 2.05) is 7.11 Å². The topological polar surface area (TPSA) is 12.5 Å². The zero-order valence-electron chi connectivity index (χ0n) is 8.18. The average molecular weight is 169 g/mol. The van der Waals surface area contributed by atoms with Gasteiger partial charge in [0, 0.05) is 13.7 Å². The molecule has 1 saturated heterocycles. The number of rotatable bonds is 2. The molecular formula is C10H19NO. The van der Waals surface area contributed by atoms with E-state index in [0.29, 0.717) is 5.41 Å². The molecule has 1 aliphatic carbocycles. The fraction of sp³-hybridized carbons (Fsp3) is 1.00. The summed E-state index contributed by atoms with van der Waals surface area (Å²) in [5, 5.41) is 0. The van der Waals surface area contributed by atoms with Crippen LogP contribution in [0, 0.1) is 11.3 Å². The number of hydrogen-bond acceptors (Lipinski definition) is 2. The van der Waals surface area contributed by atoms with Crippen molar-refractivity contribution in [1.29, 1.82) is 0 Å². The Labute approximate surface area is 74.9 Å². The van der Waals surface area contributed by atoms with E-state index in [1.165, 1.54) is 32.4 Å². The first-order valence-corrected chi connectivity index (χ1v) is 4.94. The molecule has 70 valence electrons. The quantitative estimate of drug-likeness (QED) is 0.619. The number of nitrogens with zero attached hydrogens (tertiary/aromatic N) is 1. The van der Waals surface area contributed by atoms with E-state index in [1.54, 1.807) is 0 Å². The highest BCUT2D eigenvalue weighted by atomic mass is 16.5. The van der Waals surface area contributed by atoms with E-state index in [2.05, 4.69) is 11.9 Å². The molecule has 0 amide bonds. The number of likely N-dealkylation sites (tertiary alicyclic amines) is 1. The SMILES string of the molecule is COCC1CC12CCN(C)CC2. The molecular weight excluding hydrogens is 150 g/mol. The fourth-order valence-electron chi connectivity index (χ4n) is 2.54. The standard InChI is InChI=1S/C10H19NO/c1-11-5-3-10(4-6-11)7-9(10)8-12-2/h9H,3-8H2,1-2H3. The van der Waals surface area contributed by atoms with Gasteiger partial charge in [0.15, 0.2) is 0 Å². The second-order valence-electron chi connectivity index (χ2n) is 4.52. The van der Waals surface area contributed by atoms with Crippen LogP contribution < -0.4 is 0 Å². The molecule has 1 saturated carbocycles. The average Bonchev–Trinajstić information content (AvgIpc) is 2.72. The predicted molar refractivity (Wildman–Crippen MR) is 49.1 cm³/mol. The molecule has 2 nitrogen and oxygen atoms in total. The van der Waals surface area contributed by atoms with Gasteiger partial charge in [0.1, 0.15) is 0 Å². The fourth-order valence-corrected chi connectivity index (χ4v) is 2.54. The van der Waals surface area contributed by atoms with Crippen LogP contribution in [0.5, 0.6) is 0 Å². The third-order valence-electron chi connectivity index (χ3n) is 3.71. The number of methoxy groups -OCH3 is 1. The monoisotopic (exact) mass is 169 g/mol. The maximum Gasteiger partial charge on any atom is 0.0496 e. The molecule has 12 heavy (non-hydrogen) atoms. The third-order valence-corrected chi connectivity index (χ3v) is 3.71. The zero-order chi connectivity index (χ0) is 8.60. The van der Waals surface area contributed by atoms with Crippen molar-refractivity contribution in [3.63, 3.8) is 0 Å². The minimum atomic E-state index is 0.711. The molecule has 0 radical (unpaired) electrons. The summed E-state index contributed by atoms with van der Waals surface area (Å²) < 4.78 is 5.21. The molecule has 1 unspecified atom stereocenters. The first kappa shape index (κ1) is 8.52. The maximum atomic E-state index is 5.21. The van der Waals surface area contributed by atoms with Crippen molar-refractivity contribution < 1.29 is 4.74 Å². The lowest BCUT2D eigenvalue weighted by Crippen LogP contribution is -2.32.